The highest BCUT2D eigenvalue weighted by Gasteiger charge is 2.28. The molecule has 0 atom stereocenters. The second-order valence-electron chi connectivity index (χ2n) is 7.66. The maximum Gasteiger partial charge on any atom is 0.253 e. The first-order valence-corrected chi connectivity index (χ1v) is 12.3. The molecule has 1 aliphatic heterocycles. The van der Waals surface area contributed by atoms with Crippen molar-refractivity contribution in [2.45, 2.75) is 44.2 Å². The van der Waals surface area contributed by atoms with Gasteiger partial charge in [-0.25, -0.2) is 13.1 Å². The molecule has 7 nitrogen and oxygen atoms in total. The van der Waals surface area contributed by atoms with E-state index in [2.05, 4.69) is 10.0 Å². The van der Waals surface area contributed by atoms with Crippen LogP contribution in [0.3, 0.4) is 0 Å². The number of thiophene rings is 1. The van der Waals surface area contributed by atoms with E-state index in [0.717, 1.165) is 4.88 Å². The van der Waals surface area contributed by atoms with Gasteiger partial charge in [0.15, 0.2) is 0 Å². The smallest absolute Gasteiger partial charge is 0.253 e. The number of benzene rings is 1. The van der Waals surface area contributed by atoms with E-state index in [1.807, 2.05) is 31.4 Å². The molecule has 0 bridgehead atoms. The molecule has 0 saturated carbocycles. The van der Waals surface area contributed by atoms with E-state index < -0.39 is 10.0 Å². The summed E-state index contributed by atoms with van der Waals surface area (Å²) in [4.78, 5) is 27.7. The standard InChI is InChI=1S/C21H27N3O4S2/c1-15(2)23-20(25)16-9-11-24(12-10-16)21(26)17-5-7-19(8-6-17)30(27,28)22-14-18-4-3-13-29-18/h3-8,13,15-16,22H,9-12,14H2,1-2H3,(H,23,25). The third-order valence-corrected chi connectivity index (χ3v) is 7.31. The zero-order valence-corrected chi connectivity index (χ0v) is 18.8. The third kappa shape index (κ3) is 5.68. The van der Waals surface area contributed by atoms with Gasteiger partial charge in [0, 0.05) is 42.0 Å². The first-order chi connectivity index (χ1) is 14.3. The Kier molecular flexibility index (Phi) is 7.27. The highest BCUT2D eigenvalue weighted by molar-refractivity contribution is 7.89. The Balaban J connectivity index is 1.57. The molecule has 1 aromatic carbocycles. The monoisotopic (exact) mass is 449 g/mol. The first kappa shape index (κ1) is 22.5. The van der Waals surface area contributed by atoms with Crippen molar-refractivity contribution < 1.29 is 18.0 Å². The van der Waals surface area contributed by atoms with Crippen molar-refractivity contribution in [3.05, 3.63) is 52.2 Å². The summed E-state index contributed by atoms with van der Waals surface area (Å²) in [5, 5.41) is 4.82. The van der Waals surface area contributed by atoms with E-state index in [-0.39, 0.29) is 35.2 Å². The van der Waals surface area contributed by atoms with Crippen LogP contribution in [0, 0.1) is 5.92 Å². The van der Waals surface area contributed by atoms with Gasteiger partial charge in [-0.1, -0.05) is 6.07 Å². The number of rotatable bonds is 7. The summed E-state index contributed by atoms with van der Waals surface area (Å²) >= 11 is 1.48. The summed E-state index contributed by atoms with van der Waals surface area (Å²) in [6.07, 6.45) is 1.26. The number of nitrogens with zero attached hydrogens (tertiary/aromatic N) is 1. The maximum atomic E-state index is 12.8. The van der Waals surface area contributed by atoms with Gasteiger partial charge < -0.3 is 10.2 Å². The lowest BCUT2D eigenvalue weighted by atomic mass is 9.95. The van der Waals surface area contributed by atoms with Crippen LogP contribution in [0.15, 0.2) is 46.7 Å². The fourth-order valence-electron chi connectivity index (χ4n) is 3.37. The van der Waals surface area contributed by atoms with Crippen LogP contribution in [0.4, 0.5) is 0 Å². The van der Waals surface area contributed by atoms with Crippen LogP contribution in [0.5, 0.6) is 0 Å². The number of nitrogens with one attached hydrogen (secondary N) is 2. The van der Waals surface area contributed by atoms with Crippen LogP contribution in [0.2, 0.25) is 0 Å². The molecule has 1 saturated heterocycles. The summed E-state index contributed by atoms with van der Waals surface area (Å²) in [7, 11) is -3.64. The van der Waals surface area contributed by atoms with Crippen molar-refractivity contribution >= 4 is 33.2 Å². The second kappa shape index (κ2) is 9.72. The lowest BCUT2D eigenvalue weighted by Crippen LogP contribution is -2.44. The third-order valence-electron chi connectivity index (χ3n) is 5.01. The van der Waals surface area contributed by atoms with Crippen LogP contribution in [-0.2, 0) is 21.4 Å². The van der Waals surface area contributed by atoms with Crippen molar-refractivity contribution in [2.75, 3.05) is 13.1 Å². The molecule has 1 aliphatic rings. The molecule has 1 fully saturated rings. The summed E-state index contributed by atoms with van der Waals surface area (Å²) in [5.74, 6) is -0.173. The molecule has 30 heavy (non-hydrogen) atoms. The minimum atomic E-state index is -3.64. The van der Waals surface area contributed by atoms with Gasteiger partial charge in [0.1, 0.15) is 0 Å². The van der Waals surface area contributed by atoms with E-state index in [0.29, 0.717) is 31.5 Å². The predicted octanol–water partition coefficient (Wildman–Crippen LogP) is 2.60. The van der Waals surface area contributed by atoms with E-state index in [1.54, 1.807) is 17.0 Å². The molecule has 1 aromatic heterocycles. The van der Waals surface area contributed by atoms with Gasteiger partial charge in [-0.2, -0.15) is 0 Å². The largest absolute Gasteiger partial charge is 0.354 e. The Morgan fingerprint density at radius 3 is 2.37 bits per heavy atom. The summed E-state index contributed by atoms with van der Waals surface area (Å²) in [6.45, 7) is 5.12. The predicted molar refractivity (Wildman–Crippen MR) is 117 cm³/mol. The number of piperidine rings is 1. The molecule has 2 aromatic rings. The Labute approximate surface area is 181 Å². The van der Waals surface area contributed by atoms with Crippen molar-refractivity contribution in [3.8, 4) is 0 Å². The van der Waals surface area contributed by atoms with Crippen LogP contribution in [0.1, 0.15) is 41.9 Å². The Morgan fingerprint density at radius 1 is 1.13 bits per heavy atom. The fourth-order valence-corrected chi connectivity index (χ4v) is 5.11. The molecule has 3 rings (SSSR count). The highest BCUT2D eigenvalue weighted by Crippen LogP contribution is 2.20. The van der Waals surface area contributed by atoms with Crippen molar-refractivity contribution in [1.29, 1.82) is 0 Å². The van der Waals surface area contributed by atoms with Gasteiger partial charge in [0.25, 0.3) is 5.91 Å². The quantitative estimate of drug-likeness (QED) is 0.679. The second-order valence-corrected chi connectivity index (χ2v) is 10.5. The molecule has 0 aliphatic carbocycles. The Hall–Kier alpha value is -2.23. The lowest BCUT2D eigenvalue weighted by molar-refractivity contribution is -0.126. The molecular weight excluding hydrogens is 422 g/mol. The number of carbonyl (C=O) groups is 2. The number of carbonyl (C=O) groups excluding carboxylic acids is 2. The highest BCUT2D eigenvalue weighted by atomic mass is 32.2. The molecule has 0 spiro atoms. The number of amides is 2. The van der Waals surface area contributed by atoms with Gasteiger partial charge >= 0.3 is 0 Å². The maximum absolute atomic E-state index is 12.8. The number of sulfonamides is 1. The zero-order valence-electron chi connectivity index (χ0n) is 17.1. The van der Waals surface area contributed by atoms with Crippen LogP contribution in [0.25, 0.3) is 0 Å². The van der Waals surface area contributed by atoms with Crippen LogP contribution in [-0.4, -0.2) is 44.3 Å². The topological polar surface area (TPSA) is 95.6 Å². The van der Waals surface area contributed by atoms with Gasteiger partial charge in [0.2, 0.25) is 15.9 Å². The first-order valence-electron chi connectivity index (χ1n) is 9.98. The Bertz CT molecular complexity index is 962. The van der Waals surface area contributed by atoms with Crippen LogP contribution >= 0.6 is 11.3 Å². The van der Waals surface area contributed by atoms with Gasteiger partial charge in [0.05, 0.1) is 4.90 Å². The molecule has 162 valence electrons. The summed E-state index contributed by atoms with van der Waals surface area (Å²) < 4.78 is 27.5. The molecule has 2 heterocycles. The van der Waals surface area contributed by atoms with E-state index in [9.17, 15) is 18.0 Å². The minimum Gasteiger partial charge on any atom is -0.354 e. The van der Waals surface area contributed by atoms with Crippen molar-refractivity contribution in [3.63, 3.8) is 0 Å². The molecular formula is C21H27N3O4S2. The minimum absolute atomic E-state index is 0.0432. The normalized spacial score (nSPS) is 15.4. The fraction of sp³-hybridized carbons (Fsp3) is 0.429. The van der Waals surface area contributed by atoms with Gasteiger partial charge in [-0.3, -0.25) is 9.59 Å². The Morgan fingerprint density at radius 2 is 1.80 bits per heavy atom. The zero-order chi connectivity index (χ0) is 21.7. The lowest BCUT2D eigenvalue weighted by Gasteiger charge is -2.31. The summed E-state index contributed by atoms with van der Waals surface area (Å²) in [5.41, 5.74) is 0.442. The molecule has 0 unspecified atom stereocenters. The number of hydrogen-bond acceptors (Lipinski definition) is 5. The van der Waals surface area contributed by atoms with E-state index in [4.69, 9.17) is 0 Å². The SMILES string of the molecule is CC(C)NC(=O)C1CCN(C(=O)c2ccc(S(=O)(=O)NCc3cccs3)cc2)CC1. The average molecular weight is 450 g/mol. The molecule has 9 heteroatoms. The molecule has 2 N–H and O–H groups in total. The van der Waals surface area contributed by atoms with Gasteiger partial charge in [-0.15, -0.1) is 11.3 Å². The number of hydrogen-bond donors (Lipinski definition) is 2. The van der Waals surface area contributed by atoms with E-state index >= 15 is 0 Å². The molecule has 0 radical (unpaired) electrons. The molecule has 2 amide bonds. The average Bonchev–Trinajstić information content (AvgIpc) is 3.25. The van der Waals surface area contributed by atoms with Crippen LogP contribution < -0.4 is 10.0 Å². The number of likely N-dealkylation sites (tertiary alicyclic amines) is 1. The van der Waals surface area contributed by atoms with E-state index in [1.165, 1.54) is 23.5 Å². The van der Waals surface area contributed by atoms with Crippen molar-refractivity contribution in [1.82, 2.24) is 14.9 Å². The van der Waals surface area contributed by atoms with Crippen molar-refractivity contribution in [2.24, 2.45) is 5.92 Å². The summed E-state index contributed by atoms with van der Waals surface area (Å²) in [6, 6.07) is 9.82. The van der Waals surface area contributed by atoms with Gasteiger partial charge in [-0.05, 0) is 62.4 Å².